The minimum atomic E-state index is -0.324. The van der Waals surface area contributed by atoms with Crippen LogP contribution in [0.15, 0.2) is 30.3 Å². The van der Waals surface area contributed by atoms with Crippen molar-refractivity contribution in [1.29, 1.82) is 0 Å². The van der Waals surface area contributed by atoms with Crippen molar-refractivity contribution in [2.75, 3.05) is 0 Å². The van der Waals surface area contributed by atoms with Gasteiger partial charge in [0, 0.05) is 18.3 Å². The number of rotatable bonds is 3. The van der Waals surface area contributed by atoms with E-state index in [4.69, 9.17) is 9.47 Å². The molecule has 104 valence electrons. The maximum Gasteiger partial charge on any atom is 0.0863 e. The number of ether oxygens (including phenoxy) is 2. The number of hydrogen-bond donors (Lipinski definition) is 1. The number of aliphatic hydroxyl groups is 1. The molecule has 1 N–H and O–H groups in total. The summed E-state index contributed by atoms with van der Waals surface area (Å²) in [5.41, 5.74) is 1.15. The van der Waals surface area contributed by atoms with E-state index < -0.39 is 0 Å². The van der Waals surface area contributed by atoms with E-state index >= 15 is 0 Å². The van der Waals surface area contributed by atoms with Crippen molar-refractivity contribution in [3.63, 3.8) is 0 Å². The Hall–Kier alpha value is -0.900. The van der Waals surface area contributed by atoms with Gasteiger partial charge in [-0.25, -0.2) is 0 Å². The molecule has 0 saturated carbocycles. The van der Waals surface area contributed by atoms with Crippen molar-refractivity contribution in [3.8, 4) is 0 Å². The van der Waals surface area contributed by atoms with Gasteiger partial charge in [0.1, 0.15) is 0 Å². The van der Waals surface area contributed by atoms with Crippen molar-refractivity contribution >= 4 is 0 Å². The van der Waals surface area contributed by atoms with Crippen LogP contribution in [-0.4, -0.2) is 29.5 Å². The van der Waals surface area contributed by atoms with E-state index in [0.717, 1.165) is 12.8 Å². The van der Waals surface area contributed by atoms with Gasteiger partial charge < -0.3 is 14.6 Å². The van der Waals surface area contributed by atoms with Gasteiger partial charge >= 0.3 is 0 Å². The zero-order chi connectivity index (χ0) is 13.5. The van der Waals surface area contributed by atoms with Crippen LogP contribution >= 0.6 is 0 Å². The van der Waals surface area contributed by atoms with Gasteiger partial charge in [0.25, 0.3) is 0 Å². The van der Waals surface area contributed by atoms with Crippen molar-refractivity contribution in [2.45, 2.75) is 57.7 Å². The van der Waals surface area contributed by atoms with E-state index in [1.165, 1.54) is 5.56 Å². The molecule has 2 bridgehead atoms. The normalized spacial score (nSPS) is 36.4. The second-order valence-electron chi connectivity index (χ2n) is 6.31. The molecule has 19 heavy (non-hydrogen) atoms. The SMILES string of the molecule is CC1(C)[C@H](OCc2ccccc2)C[C@H]2O[C@@H]1C[C@@H]2O. The molecule has 1 aromatic rings. The molecular weight excluding hydrogens is 240 g/mol. The van der Waals surface area contributed by atoms with E-state index in [9.17, 15) is 5.11 Å². The first-order chi connectivity index (χ1) is 9.07. The molecule has 2 aliphatic heterocycles. The summed E-state index contributed by atoms with van der Waals surface area (Å²) >= 11 is 0. The molecule has 3 heteroatoms. The Balaban J connectivity index is 1.67. The Morgan fingerprint density at radius 2 is 2.00 bits per heavy atom. The summed E-state index contributed by atoms with van der Waals surface area (Å²) in [6.07, 6.45) is 1.42. The van der Waals surface area contributed by atoms with Gasteiger partial charge in [-0.05, 0) is 5.56 Å². The molecule has 4 atom stereocenters. The average Bonchev–Trinajstić information content (AvgIpc) is 2.73. The highest BCUT2D eigenvalue weighted by atomic mass is 16.5. The molecule has 0 unspecified atom stereocenters. The summed E-state index contributed by atoms with van der Waals surface area (Å²) in [6, 6.07) is 10.2. The predicted octanol–water partition coefficient (Wildman–Crippen LogP) is 2.52. The zero-order valence-corrected chi connectivity index (χ0v) is 11.6. The Bertz CT molecular complexity index is 427. The standard InChI is InChI=1S/C16H22O3/c1-16(2)14(9-13-12(17)8-15(16)19-13)18-10-11-6-4-3-5-7-11/h3-7,12-15,17H,8-10H2,1-2H3/t12-,13+,14+,15+/m0/s1. The lowest BCUT2D eigenvalue weighted by Gasteiger charge is -2.43. The Labute approximate surface area is 114 Å². The number of hydrogen-bond acceptors (Lipinski definition) is 3. The van der Waals surface area contributed by atoms with Crippen LogP contribution < -0.4 is 0 Å². The smallest absolute Gasteiger partial charge is 0.0863 e. The lowest BCUT2D eigenvalue weighted by Crippen LogP contribution is -2.47. The molecule has 0 radical (unpaired) electrons. The second kappa shape index (κ2) is 4.89. The first-order valence-corrected chi connectivity index (χ1v) is 7.06. The monoisotopic (exact) mass is 262 g/mol. The molecular formula is C16H22O3. The molecule has 0 aromatic heterocycles. The third-order valence-electron chi connectivity index (χ3n) is 4.62. The van der Waals surface area contributed by atoms with Crippen LogP contribution in [0.5, 0.6) is 0 Å². The maximum atomic E-state index is 9.95. The predicted molar refractivity (Wildman–Crippen MR) is 72.7 cm³/mol. The summed E-state index contributed by atoms with van der Waals surface area (Å²) in [5, 5.41) is 9.95. The van der Waals surface area contributed by atoms with Gasteiger partial charge in [0.2, 0.25) is 0 Å². The second-order valence-corrected chi connectivity index (χ2v) is 6.31. The van der Waals surface area contributed by atoms with E-state index in [-0.39, 0.29) is 29.8 Å². The molecule has 2 heterocycles. The molecule has 0 spiro atoms. The van der Waals surface area contributed by atoms with Crippen LogP contribution in [0.2, 0.25) is 0 Å². The van der Waals surface area contributed by atoms with E-state index in [1.54, 1.807) is 0 Å². The van der Waals surface area contributed by atoms with Gasteiger partial charge in [0.15, 0.2) is 0 Å². The van der Waals surface area contributed by atoms with Gasteiger partial charge in [-0.15, -0.1) is 0 Å². The Kier molecular flexibility index (Phi) is 3.37. The van der Waals surface area contributed by atoms with Crippen LogP contribution in [-0.2, 0) is 16.1 Å². The lowest BCUT2D eigenvalue weighted by molar-refractivity contribution is -0.169. The fraction of sp³-hybridized carbons (Fsp3) is 0.625. The van der Waals surface area contributed by atoms with Crippen LogP contribution in [0.3, 0.4) is 0 Å². The first kappa shape index (κ1) is 13.1. The van der Waals surface area contributed by atoms with Gasteiger partial charge in [-0.3, -0.25) is 0 Å². The highest BCUT2D eigenvalue weighted by Gasteiger charge is 2.52. The number of aliphatic hydroxyl groups excluding tert-OH is 1. The fourth-order valence-corrected chi connectivity index (χ4v) is 3.20. The van der Waals surface area contributed by atoms with E-state index in [1.807, 2.05) is 18.2 Å². The van der Waals surface area contributed by atoms with Crippen LogP contribution in [0.25, 0.3) is 0 Å². The van der Waals surface area contributed by atoms with Gasteiger partial charge in [-0.2, -0.15) is 0 Å². The largest absolute Gasteiger partial charge is 0.390 e. The zero-order valence-electron chi connectivity index (χ0n) is 11.6. The molecule has 2 aliphatic rings. The summed E-state index contributed by atoms with van der Waals surface area (Å²) in [4.78, 5) is 0. The topological polar surface area (TPSA) is 38.7 Å². The van der Waals surface area contributed by atoms with Crippen molar-refractivity contribution in [3.05, 3.63) is 35.9 Å². The highest BCUT2D eigenvalue weighted by molar-refractivity contribution is 5.13. The third-order valence-corrected chi connectivity index (χ3v) is 4.62. The fourth-order valence-electron chi connectivity index (χ4n) is 3.20. The lowest BCUT2D eigenvalue weighted by atomic mass is 9.78. The summed E-state index contributed by atoms with van der Waals surface area (Å²) in [7, 11) is 0. The molecule has 0 aliphatic carbocycles. The first-order valence-electron chi connectivity index (χ1n) is 7.06. The van der Waals surface area contributed by atoms with Crippen molar-refractivity contribution in [1.82, 2.24) is 0 Å². The van der Waals surface area contributed by atoms with Crippen LogP contribution in [0.1, 0.15) is 32.3 Å². The number of benzene rings is 1. The molecule has 3 nitrogen and oxygen atoms in total. The van der Waals surface area contributed by atoms with Gasteiger partial charge in [0.05, 0.1) is 31.0 Å². The highest BCUT2D eigenvalue weighted by Crippen LogP contribution is 2.46. The molecule has 1 aromatic carbocycles. The molecule has 2 saturated heterocycles. The van der Waals surface area contributed by atoms with Gasteiger partial charge in [-0.1, -0.05) is 44.2 Å². The minimum absolute atomic E-state index is 0.0389. The van der Waals surface area contributed by atoms with Crippen molar-refractivity contribution < 1.29 is 14.6 Å². The Morgan fingerprint density at radius 1 is 1.26 bits per heavy atom. The quantitative estimate of drug-likeness (QED) is 0.909. The maximum absolute atomic E-state index is 9.95. The van der Waals surface area contributed by atoms with Crippen molar-refractivity contribution in [2.24, 2.45) is 5.41 Å². The van der Waals surface area contributed by atoms with Crippen LogP contribution in [0, 0.1) is 5.41 Å². The van der Waals surface area contributed by atoms with E-state index in [0.29, 0.717) is 6.61 Å². The summed E-state index contributed by atoms with van der Waals surface area (Å²) < 4.78 is 12.0. The minimum Gasteiger partial charge on any atom is -0.390 e. The Morgan fingerprint density at radius 3 is 2.74 bits per heavy atom. The third kappa shape index (κ3) is 2.42. The summed E-state index contributed by atoms with van der Waals surface area (Å²) in [5.74, 6) is 0. The summed E-state index contributed by atoms with van der Waals surface area (Å²) in [6.45, 7) is 4.99. The average molecular weight is 262 g/mol. The molecule has 2 fully saturated rings. The molecule has 0 amide bonds. The van der Waals surface area contributed by atoms with Crippen LogP contribution in [0.4, 0.5) is 0 Å². The van der Waals surface area contributed by atoms with E-state index in [2.05, 4.69) is 26.0 Å². The molecule has 3 rings (SSSR count). The number of fused-ring (bicyclic) bond motifs is 2.